The van der Waals surface area contributed by atoms with Gasteiger partial charge in [0.15, 0.2) is 11.7 Å². The molecule has 0 saturated heterocycles. The van der Waals surface area contributed by atoms with Crippen LogP contribution in [0.5, 0.6) is 0 Å². The van der Waals surface area contributed by atoms with E-state index in [9.17, 15) is 31.1 Å². The second-order valence-electron chi connectivity index (χ2n) is 7.39. The molecule has 1 aliphatic rings. The quantitative estimate of drug-likeness (QED) is 0.416. The van der Waals surface area contributed by atoms with Crippen LogP contribution >= 0.6 is 11.6 Å². The van der Waals surface area contributed by atoms with E-state index in [1.807, 2.05) is 0 Å². The van der Waals surface area contributed by atoms with Crippen molar-refractivity contribution in [3.8, 4) is 0 Å². The Hall–Kier alpha value is -3.21. The van der Waals surface area contributed by atoms with Gasteiger partial charge in [0.1, 0.15) is 10.8 Å². The molecular formula is C21H15ClF6N4O. The summed E-state index contributed by atoms with van der Waals surface area (Å²) in [5, 5.41) is 8.50. The number of carbonyl (C=O) groups is 1. The number of fused-ring (bicyclic) bond motifs is 1. The van der Waals surface area contributed by atoms with E-state index in [2.05, 4.69) is 15.7 Å². The largest absolute Gasteiger partial charge is 0.416 e. The van der Waals surface area contributed by atoms with Crippen LogP contribution in [0.3, 0.4) is 0 Å². The van der Waals surface area contributed by atoms with Crippen LogP contribution in [0.1, 0.15) is 40.1 Å². The Morgan fingerprint density at radius 1 is 1.06 bits per heavy atom. The van der Waals surface area contributed by atoms with Crippen molar-refractivity contribution in [2.75, 3.05) is 10.6 Å². The molecule has 0 saturated carbocycles. The molecule has 0 aliphatic carbocycles. The summed E-state index contributed by atoms with van der Waals surface area (Å²) in [6.07, 6.45) is -9.72. The lowest BCUT2D eigenvalue weighted by atomic mass is 9.97. The number of halogens is 7. The average Bonchev–Trinajstić information content (AvgIpc) is 3.09. The van der Waals surface area contributed by atoms with Gasteiger partial charge in [0.05, 0.1) is 11.6 Å². The number of alkyl halides is 6. The number of nitrogens with zero attached hydrogens (tertiary/aromatic N) is 2. The van der Waals surface area contributed by atoms with Crippen molar-refractivity contribution in [3.63, 3.8) is 0 Å². The van der Waals surface area contributed by atoms with Crippen molar-refractivity contribution in [1.29, 1.82) is 0 Å². The summed E-state index contributed by atoms with van der Waals surface area (Å²) >= 11 is 6.22. The summed E-state index contributed by atoms with van der Waals surface area (Å²) in [6.45, 7) is 0. The number of rotatable bonds is 3. The zero-order valence-corrected chi connectivity index (χ0v) is 17.3. The van der Waals surface area contributed by atoms with Crippen molar-refractivity contribution in [3.05, 3.63) is 76.4 Å². The number of aromatic nitrogens is 2. The molecule has 5 nitrogen and oxygen atoms in total. The first-order valence-corrected chi connectivity index (χ1v) is 9.97. The summed E-state index contributed by atoms with van der Waals surface area (Å²) < 4.78 is 80.8. The second kappa shape index (κ2) is 8.29. The first-order chi connectivity index (χ1) is 15.4. The number of hydrogen-bond donors (Lipinski definition) is 2. The van der Waals surface area contributed by atoms with Crippen LogP contribution in [0.15, 0.2) is 54.6 Å². The van der Waals surface area contributed by atoms with Gasteiger partial charge in [-0.25, -0.2) is 4.68 Å². The maximum atomic E-state index is 13.8. The van der Waals surface area contributed by atoms with Gasteiger partial charge in [-0.15, -0.1) is 0 Å². The van der Waals surface area contributed by atoms with Crippen molar-refractivity contribution >= 4 is 29.0 Å². The fraction of sp³-hybridized carbons (Fsp3) is 0.238. The molecular weight excluding hydrogens is 474 g/mol. The van der Waals surface area contributed by atoms with Gasteiger partial charge in [-0.2, -0.15) is 31.4 Å². The topological polar surface area (TPSA) is 59.0 Å². The SMILES string of the molecule is O=C(Nc1cccc(C(F)(F)F)c1)c1nn2c(c1Cl)N[C@@H](c1ccccc1)C[C@@H]2C(F)(F)F. The Balaban J connectivity index is 1.68. The monoisotopic (exact) mass is 488 g/mol. The van der Waals surface area contributed by atoms with Crippen LogP contribution in [0.25, 0.3) is 0 Å². The van der Waals surface area contributed by atoms with E-state index in [0.29, 0.717) is 16.3 Å². The second-order valence-corrected chi connectivity index (χ2v) is 7.77. The Labute approximate surface area is 188 Å². The number of nitrogens with one attached hydrogen (secondary N) is 2. The van der Waals surface area contributed by atoms with Crippen LogP contribution < -0.4 is 10.6 Å². The molecule has 2 atom stereocenters. The normalized spacial score (nSPS) is 18.4. The van der Waals surface area contributed by atoms with Gasteiger partial charge < -0.3 is 10.6 Å². The van der Waals surface area contributed by atoms with Crippen LogP contribution in [0, 0.1) is 0 Å². The molecule has 1 aromatic heterocycles. The zero-order valence-electron chi connectivity index (χ0n) is 16.5. The third kappa shape index (κ3) is 4.63. The van der Waals surface area contributed by atoms with Gasteiger partial charge in [0.25, 0.3) is 5.91 Å². The highest BCUT2D eigenvalue weighted by Crippen LogP contribution is 2.46. The number of anilines is 2. The van der Waals surface area contributed by atoms with E-state index in [4.69, 9.17) is 11.6 Å². The molecule has 1 aliphatic heterocycles. The molecule has 2 aromatic carbocycles. The Bertz CT molecular complexity index is 1180. The van der Waals surface area contributed by atoms with E-state index in [0.717, 1.165) is 12.1 Å². The van der Waals surface area contributed by atoms with Gasteiger partial charge in [-0.1, -0.05) is 48.0 Å². The van der Waals surface area contributed by atoms with Crippen LogP contribution in [-0.2, 0) is 6.18 Å². The Morgan fingerprint density at radius 2 is 1.76 bits per heavy atom. The summed E-state index contributed by atoms with van der Waals surface area (Å²) in [7, 11) is 0. The molecule has 0 radical (unpaired) electrons. The van der Waals surface area contributed by atoms with Crippen LogP contribution in [0.4, 0.5) is 37.8 Å². The summed E-state index contributed by atoms with van der Waals surface area (Å²) in [5.74, 6) is -1.24. The van der Waals surface area contributed by atoms with Crippen molar-refractivity contribution in [2.24, 2.45) is 0 Å². The first-order valence-electron chi connectivity index (χ1n) is 9.60. The van der Waals surface area contributed by atoms with E-state index >= 15 is 0 Å². The van der Waals surface area contributed by atoms with Crippen molar-refractivity contribution < 1.29 is 31.1 Å². The molecule has 1 amide bonds. The standard InChI is InChI=1S/C21H15ClF6N4O/c22-16-17(19(33)29-13-8-4-7-12(9-13)20(23,24)25)31-32-15(21(26,27)28)10-14(30-18(16)32)11-5-2-1-3-6-11/h1-9,14-15,30H,10H2,(H,29,33)/t14-,15-/m1/s1. The molecule has 3 aromatic rings. The highest BCUT2D eigenvalue weighted by atomic mass is 35.5. The molecule has 0 unspecified atom stereocenters. The predicted molar refractivity (Wildman–Crippen MR) is 109 cm³/mol. The maximum Gasteiger partial charge on any atom is 0.416 e. The smallest absolute Gasteiger partial charge is 0.362 e. The molecule has 0 spiro atoms. The highest BCUT2D eigenvalue weighted by Gasteiger charge is 2.47. The molecule has 2 heterocycles. The number of hydrogen-bond acceptors (Lipinski definition) is 3. The molecule has 33 heavy (non-hydrogen) atoms. The summed E-state index contributed by atoms with van der Waals surface area (Å²) in [6, 6.07) is 9.40. The van der Waals surface area contributed by atoms with Gasteiger partial charge >= 0.3 is 12.4 Å². The zero-order chi connectivity index (χ0) is 24.0. The lowest BCUT2D eigenvalue weighted by molar-refractivity contribution is -0.173. The predicted octanol–water partition coefficient (Wildman–Crippen LogP) is 6.47. The summed E-state index contributed by atoms with van der Waals surface area (Å²) in [5.41, 5.74) is -1.16. The first kappa shape index (κ1) is 23.0. The molecule has 174 valence electrons. The van der Waals surface area contributed by atoms with Crippen molar-refractivity contribution in [2.45, 2.75) is 30.9 Å². The van der Waals surface area contributed by atoms with Gasteiger partial charge in [-0.05, 0) is 23.8 Å². The van der Waals surface area contributed by atoms with E-state index in [1.165, 1.54) is 6.07 Å². The maximum absolute atomic E-state index is 13.8. The van der Waals surface area contributed by atoms with E-state index < -0.39 is 48.0 Å². The lowest BCUT2D eigenvalue weighted by Gasteiger charge is -2.33. The fourth-order valence-electron chi connectivity index (χ4n) is 3.60. The van der Waals surface area contributed by atoms with Gasteiger partial charge in [0.2, 0.25) is 0 Å². The van der Waals surface area contributed by atoms with Gasteiger partial charge in [-0.3, -0.25) is 4.79 Å². The number of benzene rings is 2. The number of carbonyl (C=O) groups excluding carboxylic acids is 1. The minimum Gasteiger partial charge on any atom is -0.362 e. The lowest BCUT2D eigenvalue weighted by Crippen LogP contribution is -2.35. The Kier molecular flexibility index (Phi) is 5.77. The Morgan fingerprint density at radius 3 is 2.39 bits per heavy atom. The molecule has 4 rings (SSSR count). The highest BCUT2D eigenvalue weighted by molar-refractivity contribution is 6.36. The third-order valence-electron chi connectivity index (χ3n) is 5.16. The molecule has 2 N–H and O–H groups in total. The van der Waals surface area contributed by atoms with Crippen LogP contribution in [-0.4, -0.2) is 21.9 Å². The minimum absolute atomic E-state index is 0.201. The van der Waals surface area contributed by atoms with E-state index in [-0.39, 0.29) is 16.5 Å². The number of amides is 1. The minimum atomic E-state index is -4.69. The van der Waals surface area contributed by atoms with Crippen LogP contribution in [0.2, 0.25) is 5.02 Å². The van der Waals surface area contributed by atoms with Crippen molar-refractivity contribution in [1.82, 2.24) is 9.78 Å². The van der Waals surface area contributed by atoms with Gasteiger partial charge in [0, 0.05) is 12.1 Å². The fourth-order valence-corrected chi connectivity index (χ4v) is 3.87. The molecule has 0 bridgehead atoms. The third-order valence-corrected chi connectivity index (χ3v) is 5.52. The molecule has 0 fully saturated rings. The molecule has 12 heteroatoms. The summed E-state index contributed by atoms with van der Waals surface area (Å²) in [4.78, 5) is 12.7. The van der Waals surface area contributed by atoms with E-state index in [1.54, 1.807) is 30.3 Å². The average molecular weight is 489 g/mol.